The molecule has 16 heavy (non-hydrogen) atoms. The van der Waals surface area contributed by atoms with E-state index in [-0.39, 0.29) is 11.0 Å². The highest BCUT2D eigenvalue weighted by Gasteiger charge is 2.17. The average molecular weight is 288 g/mol. The van der Waals surface area contributed by atoms with Crippen LogP contribution in [0.2, 0.25) is 0 Å². The lowest BCUT2D eigenvalue weighted by molar-refractivity contribution is 0.418. The third-order valence-corrected chi connectivity index (χ3v) is 2.93. The molecular formula is C11H18BrN3O. The van der Waals surface area contributed by atoms with E-state index in [1.807, 2.05) is 11.9 Å². The molecule has 0 radical (unpaired) electrons. The van der Waals surface area contributed by atoms with Crippen molar-refractivity contribution in [1.29, 1.82) is 0 Å². The molecule has 5 heteroatoms. The smallest absolute Gasteiger partial charge is 0.282 e. The van der Waals surface area contributed by atoms with Crippen LogP contribution in [-0.4, -0.2) is 23.4 Å². The van der Waals surface area contributed by atoms with Gasteiger partial charge in [-0.25, -0.2) is 4.68 Å². The molecule has 0 fully saturated rings. The van der Waals surface area contributed by atoms with E-state index in [2.05, 4.69) is 41.8 Å². The highest BCUT2D eigenvalue weighted by molar-refractivity contribution is 9.10. The van der Waals surface area contributed by atoms with Crippen LogP contribution in [0.5, 0.6) is 0 Å². The van der Waals surface area contributed by atoms with Crippen LogP contribution in [0.3, 0.4) is 0 Å². The van der Waals surface area contributed by atoms with E-state index in [0.29, 0.717) is 4.47 Å². The standard InChI is InChI=1S/C11H18BrN3O/c1-11(2,3)7-14(4)8-6-13-15(5)10(16)9(8)12/h6H,7H2,1-5H3. The van der Waals surface area contributed by atoms with Gasteiger partial charge in [0.2, 0.25) is 0 Å². The fraction of sp³-hybridized carbons (Fsp3) is 0.636. The van der Waals surface area contributed by atoms with Gasteiger partial charge in [0.15, 0.2) is 0 Å². The van der Waals surface area contributed by atoms with Crippen molar-refractivity contribution in [2.45, 2.75) is 20.8 Å². The first-order chi connectivity index (χ1) is 7.22. The summed E-state index contributed by atoms with van der Waals surface area (Å²) in [5, 5.41) is 4.02. The molecule has 0 spiro atoms. The Hall–Kier alpha value is -0.840. The highest BCUT2D eigenvalue weighted by Crippen LogP contribution is 2.24. The van der Waals surface area contributed by atoms with Crippen LogP contribution in [0.4, 0.5) is 5.69 Å². The summed E-state index contributed by atoms with van der Waals surface area (Å²) in [6.45, 7) is 7.34. The van der Waals surface area contributed by atoms with E-state index in [0.717, 1.165) is 12.2 Å². The van der Waals surface area contributed by atoms with Crippen molar-refractivity contribution in [1.82, 2.24) is 9.78 Å². The number of anilines is 1. The van der Waals surface area contributed by atoms with Crippen molar-refractivity contribution in [2.75, 3.05) is 18.5 Å². The molecule has 4 nitrogen and oxygen atoms in total. The van der Waals surface area contributed by atoms with Gasteiger partial charge in [-0.05, 0) is 21.3 Å². The Morgan fingerprint density at radius 3 is 2.56 bits per heavy atom. The molecule has 0 unspecified atom stereocenters. The fourth-order valence-corrected chi connectivity index (χ4v) is 2.23. The maximum atomic E-state index is 11.7. The molecule has 0 N–H and O–H groups in total. The molecule has 0 saturated heterocycles. The van der Waals surface area contributed by atoms with Gasteiger partial charge >= 0.3 is 0 Å². The second kappa shape index (κ2) is 4.57. The Labute approximate surface area is 104 Å². The molecule has 90 valence electrons. The number of nitrogens with zero attached hydrogens (tertiary/aromatic N) is 3. The van der Waals surface area contributed by atoms with Crippen molar-refractivity contribution in [3.63, 3.8) is 0 Å². The second-order valence-electron chi connectivity index (χ2n) is 5.19. The number of rotatable bonds is 2. The zero-order chi connectivity index (χ0) is 12.5. The number of aromatic nitrogens is 2. The van der Waals surface area contributed by atoms with E-state index >= 15 is 0 Å². The molecule has 1 aromatic heterocycles. The highest BCUT2D eigenvalue weighted by atomic mass is 79.9. The van der Waals surface area contributed by atoms with Gasteiger partial charge in [0, 0.05) is 20.6 Å². The van der Waals surface area contributed by atoms with Crippen LogP contribution in [-0.2, 0) is 7.05 Å². The predicted octanol–water partition coefficient (Wildman–Crippen LogP) is 2.03. The van der Waals surface area contributed by atoms with Gasteiger partial charge in [-0.3, -0.25) is 4.79 Å². The Morgan fingerprint density at radius 1 is 1.50 bits per heavy atom. The van der Waals surface area contributed by atoms with Crippen molar-refractivity contribution in [2.24, 2.45) is 12.5 Å². The number of hydrogen-bond acceptors (Lipinski definition) is 3. The summed E-state index contributed by atoms with van der Waals surface area (Å²) >= 11 is 3.32. The Morgan fingerprint density at radius 2 is 2.06 bits per heavy atom. The topological polar surface area (TPSA) is 38.1 Å². The normalized spacial score (nSPS) is 11.6. The molecule has 0 atom stereocenters. The number of halogens is 1. The van der Waals surface area contributed by atoms with Crippen molar-refractivity contribution >= 4 is 21.6 Å². The molecule has 0 aliphatic carbocycles. The van der Waals surface area contributed by atoms with Crippen LogP contribution < -0.4 is 10.5 Å². The summed E-state index contributed by atoms with van der Waals surface area (Å²) in [5.74, 6) is 0. The SMILES string of the molecule is CN(CC(C)(C)C)c1cnn(C)c(=O)c1Br. The van der Waals surface area contributed by atoms with Crippen LogP contribution in [0.1, 0.15) is 20.8 Å². The van der Waals surface area contributed by atoms with Crippen LogP contribution in [0, 0.1) is 5.41 Å². The minimum atomic E-state index is -0.113. The lowest BCUT2D eigenvalue weighted by atomic mass is 9.96. The Kier molecular flexibility index (Phi) is 3.78. The zero-order valence-electron chi connectivity index (χ0n) is 10.4. The fourth-order valence-electron chi connectivity index (χ4n) is 1.56. The molecule has 1 rings (SSSR count). The molecule has 0 aromatic carbocycles. The third kappa shape index (κ3) is 3.07. The monoisotopic (exact) mass is 287 g/mol. The van der Waals surface area contributed by atoms with Crippen LogP contribution >= 0.6 is 15.9 Å². The predicted molar refractivity (Wildman–Crippen MR) is 69.9 cm³/mol. The molecule has 1 aromatic rings. The van der Waals surface area contributed by atoms with Gasteiger partial charge in [-0.2, -0.15) is 5.10 Å². The van der Waals surface area contributed by atoms with E-state index in [1.54, 1.807) is 13.2 Å². The quantitative estimate of drug-likeness (QED) is 0.835. The van der Waals surface area contributed by atoms with E-state index < -0.39 is 0 Å². The van der Waals surface area contributed by atoms with E-state index in [4.69, 9.17) is 0 Å². The number of aryl methyl sites for hydroxylation is 1. The Bertz CT molecular complexity index is 434. The molecule has 0 bridgehead atoms. The summed E-state index contributed by atoms with van der Waals surface area (Å²) in [6, 6.07) is 0. The summed E-state index contributed by atoms with van der Waals surface area (Å²) in [4.78, 5) is 13.7. The third-order valence-electron chi connectivity index (χ3n) is 2.18. The summed E-state index contributed by atoms with van der Waals surface area (Å²) in [6.07, 6.45) is 1.71. The molecule has 0 saturated carbocycles. The minimum Gasteiger partial charge on any atom is -0.372 e. The summed E-state index contributed by atoms with van der Waals surface area (Å²) in [5.41, 5.74) is 0.895. The second-order valence-corrected chi connectivity index (χ2v) is 5.98. The van der Waals surface area contributed by atoms with Gasteiger partial charge in [0.05, 0.1) is 11.9 Å². The Balaban J connectivity index is 3.06. The summed E-state index contributed by atoms with van der Waals surface area (Å²) < 4.78 is 1.88. The van der Waals surface area contributed by atoms with Gasteiger partial charge in [-0.15, -0.1) is 0 Å². The van der Waals surface area contributed by atoms with Gasteiger partial charge in [-0.1, -0.05) is 20.8 Å². The lowest BCUT2D eigenvalue weighted by Crippen LogP contribution is -2.31. The van der Waals surface area contributed by atoms with Crippen LogP contribution in [0.15, 0.2) is 15.5 Å². The first kappa shape index (κ1) is 13.2. The van der Waals surface area contributed by atoms with Crippen LogP contribution in [0.25, 0.3) is 0 Å². The number of hydrogen-bond donors (Lipinski definition) is 0. The molecule has 1 heterocycles. The van der Waals surface area contributed by atoms with Crippen molar-refractivity contribution in [3.8, 4) is 0 Å². The van der Waals surface area contributed by atoms with Crippen molar-refractivity contribution in [3.05, 3.63) is 21.0 Å². The van der Waals surface area contributed by atoms with E-state index in [1.165, 1.54) is 4.68 Å². The molecule has 0 aliphatic heterocycles. The maximum Gasteiger partial charge on any atom is 0.282 e. The lowest BCUT2D eigenvalue weighted by Gasteiger charge is -2.28. The molecular weight excluding hydrogens is 270 g/mol. The average Bonchev–Trinajstić information content (AvgIpc) is 2.11. The molecule has 0 amide bonds. The van der Waals surface area contributed by atoms with Gasteiger partial charge in [0.1, 0.15) is 4.47 Å². The minimum absolute atomic E-state index is 0.113. The van der Waals surface area contributed by atoms with E-state index in [9.17, 15) is 4.79 Å². The van der Waals surface area contributed by atoms with Gasteiger partial charge < -0.3 is 4.90 Å². The molecule has 0 aliphatic rings. The zero-order valence-corrected chi connectivity index (χ0v) is 12.0. The first-order valence-corrected chi connectivity index (χ1v) is 5.94. The maximum absolute atomic E-state index is 11.7. The van der Waals surface area contributed by atoms with Crippen molar-refractivity contribution < 1.29 is 0 Å². The summed E-state index contributed by atoms with van der Waals surface area (Å²) in [7, 11) is 3.60. The van der Waals surface area contributed by atoms with Gasteiger partial charge in [0.25, 0.3) is 5.56 Å². The largest absolute Gasteiger partial charge is 0.372 e. The first-order valence-electron chi connectivity index (χ1n) is 5.15.